The van der Waals surface area contributed by atoms with Crippen molar-refractivity contribution in [1.29, 1.82) is 0 Å². The van der Waals surface area contributed by atoms with E-state index in [0.717, 1.165) is 6.42 Å². The molecule has 1 aromatic heterocycles. The highest BCUT2D eigenvalue weighted by Crippen LogP contribution is 2.38. The molecular weight excluding hydrogens is 308 g/mol. The number of hydrogen-bond acceptors (Lipinski definition) is 4. The third-order valence-corrected chi connectivity index (χ3v) is 5.08. The van der Waals surface area contributed by atoms with Crippen LogP contribution in [-0.4, -0.2) is 35.6 Å². The van der Waals surface area contributed by atoms with Crippen LogP contribution in [0.3, 0.4) is 0 Å². The van der Waals surface area contributed by atoms with Crippen molar-refractivity contribution in [3.05, 3.63) is 22.6 Å². The van der Waals surface area contributed by atoms with Crippen LogP contribution in [0.2, 0.25) is 0 Å². The number of nitrogens with zero attached hydrogens (tertiary/aromatic N) is 1. The summed E-state index contributed by atoms with van der Waals surface area (Å²) in [6.07, 6.45) is 2.55. The van der Waals surface area contributed by atoms with E-state index in [1.54, 1.807) is 11.8 Å². The zero-order chi connectivity index (χ0) is 17.6. The maximum Gasteiger partial charge on any atom is 0.289 e. The van der Waals surface area contributed by atoms with Crippen LogP contribution in [-0.2, 0) is 11.2 Å². The first-order valence-electron chi connectivity index (χ1n) is 8.43. The van der Waals surface area contributed by atoms with Gasteiger partial charge in [0.1, 0.15) is 5.76 Å². The number of rotatable bonds is 2. The summed E-state index contributed by atoms with van der Waals surface area (Å²) in [6, 6.07) is 0. The molecule has 0 aromatic carbocycles. The number of Topliss-reactive ketones (excluding diaryl/α,β-unsaturated/α-hetero) is 1. The molecule has 24 heavy (non-hydrogen) atoms. The van der Waals surface area contributed by atoms with Crippen molar-refractivity contribution < 1.29 is 18.8 Å². The number of furan rings is 1. The second-order valence-electron chi connectivity index (χ2n) is 7.79. The Kier molecular flexibility index (Phi) is 4.01. The largest absolute Gasteiger partial charge is 0.455 e. The molecule has 130 valence electrons. The molecule has 6 heteroatoms. The number of nitrogens with two attached hydrogens (primary N) is 1. The number of hydrogen-bond donors (Lipinski definition) is 1. The number of primary amides is 1. The Labute approximate surface area is 141 Å². The highest BCUT2D eigenvalue weighted by molar-refractivity contribution is 6.03. The molecule has 1 aromatic rings. The number of amides is 2. The molecule has 0 bridgehead atoms. The number of carbonyl (C=O) groups is 3. The van der Waals surface area contributed by atoms with E-state index in [2.05, 4.69) is 0 Å². The fourth-order valence-electron chi connectivity index (χ4n) is 3.82. The third kappa shape index (κ3) is 2.85. The van der Waals surface area contributed by atoms with Crippen molar-refractivity contribution in [2.45, 2.75) is 46.5 Å². The topological polar surface area (TPSA) is 93.6 Å². The molecule has 0 saturated carbocycles. The van der Waals surface area contributed by atoms with Gasteiger partial charge in [-0.3, -0.25) is 14.4 Å². The summed E-state index contributed by atoms with van der Waals surface area (Å²) in [7, 11) is 0. The smallest absolute Gasteiger partial charge is 0.289 e. The second kappa shape index (κ2) is 5.76. The van der Waals surface area contributed by atoms with Crippen LogP contribution >= 0.6 is 0 Å². The predicted octanol–water partition coefficient (Wildman–Crippen LogP) is 2.08. The minimum atomic E-state index is -0.375. The van der Waals surface area contributed by atoms with Crippen molar-refractivity contribution in [3.63, 3.8) is 0 Å². The van der Waals surface area contributed by atoms with E-state index in [4.69, 9.17) is 10.2 Å². The van der Waals surface area contributed by atoms with Crippen LogP contribution in [0.5, 0.6) is 0 Å². The first kappa shape index (κ1) is 16.7. The van der Waals surface area contributed by atoms with E-state index >= 15 is 0 Å². The maximum absolute atomic E-state index is 12.8. The van der Waals surface area contributed by atoms with Crippen LogP contribution in [0, 0.1) is 18.3 Å². The Balaban J connectivity index is 1.89. The van der Waals surface area contributed by atoms with Crippen molar-refractivity contribution >= 4 is 17.6 Å². The molecule has 0 radical (unpaired) electrons. The van der Waals surface area contributed by atoms with Gasteiger partial charge in [0, 0.05) is 31.5 Å². The minimum absolute atomic E-state index is 0.0372. The van der Waals surface area contributed by atoms with Gasteiger partial charge >= 0.3 is 0 Å². The van der Waals surface area contributed by atoms with E-state index in [1.165, 1.54) is 0 Å². The van der Waals surface area contributed by atoms with Gasteiger partial charge in [-0.1, -0.05) is 13.8 Å². The SMILES string of the molecule is Cc1c(C(=O)N2CCCC(C(N)=O)C2)oc2c1C(=O)CC(C)(C)C2. The Bertz CT molecular complexity index is 717. The van der Waals surface area contributed by atoms with E-state index in [1.807, 2.05) is 13.8 Å². The van der Waals surface area contributed by atoms with Crippen molar-refractivity contribution in [3.8, 4) is 0 Å². The van der Waals surface area contributed by atoms with Gasteiger partial charge in [0.05, 0.1) is 11.5 Å². The first-order chi connectivity index (χ1) is 11.2. The highest BCUT2D eigenvalue weighted by atomic mass is 16.4. The molecule has 1 atom stereocenters. The van der Waals surface area contributed by atoms with E-state index in [-0.39, 0.29) is 34.7 Å². The molecule has 6 nitrogen and oxygen atoms in total. The Morgan fingerprint density at radius 2 is 2.00 bits per heavy atom. The van der Waals surface area contributed by atoms with Gasteiger partial charge in [-0.05, 0) is 25.2 Å². The van der Waals surface area contributed by atoms with E-state index in [9.17, 15) is 14.4 Å². The second-order valence-corrected chi connectivity index (χ2v) is 7.79. The van der Waals surface area contributed by atoms with Crippen molar-refractivity contribution in [1.82, 2.24) is 4.90 Å². The standard InChI is InChI=1S/C18H24N2O4/c1-10-14-12(21)7-18(2,3)8-13(14)24-15(10)17(23)20-6-4-5-11(9-20)16(19)22/h11H,4-9H2,1-3H3,(H2,19,22). The van der Waals surface area contributed by atoms with E-state index < -0.39 is 0 Å². The molecule has 2 N–H and O–H groups in total. The Morgan fingerprint density at radius 1 is 1.29 bits per heavy atom. The number of likely N-dealkylation sites (tertiary alicyclic amines) is 1. The quantitative estimate of drug-likeness (QED) is 0.897. The summed E-state index contributed by atoms with van der Waals surface area (Å²) < 4.78 is 5.83. The van der Waals surface area contributed by atoms with Gasteiger partial charge in [-0.2, -0.15) is 0 Å². The normalized spacial score (nSPS) is 23.0. The van der Waals surface area contributed by atoms with Gasteiger partial charge in [0.15, 0.2) is 11.5 Å². The monoisotopic (exact) mass is 332 g/mol. The van der Waals surface area contributed by atoms with Crippen LogP contribution in [0.15, 0.2) is 4.42 Å². The number of piperidine rings is 1. The number of carbonyl (C=O) groups excluding carboxylic acids is 3. The van der Waals surface area contributed by atoms with Crippen LogP contribution in [0.1, 0.15) is 65.3 Å². The van der Waals surface area contributed by atoms with Crippen LogP contribution in [0.4, 0.5) is 0 Å². The average Bonchev–Trinajstić information content (AvgIpc) is 2.82. The lowest BCUT2D eigenvalue weighted by molar-refractivity contribution is -0.123. The van der Waals surface area contributed by atoms with E-state index in [0.29, 0.717) is 49.2 Å². The van der Waals surface area contributed by atoms with Gasteiger partial charge in [-0.15, -0.1) is 0 Å². The molecule has 1 aliphatic carbocycles. The first-order valence-corrected chi connectivity index (χ1v) is 8.43. The molecule has 1 aliphatic heterocycles. The summed E-state index contributed by atoms with van der Waals surface area (Å²) in [5, 5.41) is 0. The number of fused-ring (bicyclic) bond motifs is 1. The fourth-order valence-corrected chi connectivity index (χ4v) is 3.82. The molecular formula is C18H24N2O4. The maximum atomic E-state index is 12.8. The molecule has 1 fully saturated rings. The molecule has 3 rings (SSSR count). The minimum Gasteiger partial charge on any atom is -0.455 e. The molecule has 2 heterocycles. The third-order valence-electron chi connectivity index (χ3n) is 5.08. The Morgan fingerprint density at radius 3 is 2.67 bits per heavy atom. The lowest BCUT2D eigenvalue weighted by Crippen LogP contribution is -2.44. The van der Waals surface area contributed by atoms with Crippen molar-refractivity contribution in [2.24, 2.45) is 17.1 Å². The molecule has 2 aliphatic rings. The lowest BCUT2D eigenvalue weighted by atomic mass is 9.76. The zero-order valence-electron chi connectivity index (χ0n) is 14.5. The van der Waals surface area contributed by atoms with Gasteiger partial charge in [-0.25, -0.2) is 0 Å². The highest BCUT2D eigenvalue weighted by Gasteiger charge is 2.38. The summed E-state index contributed by atoms with van der Waals surface area (Å²) in [5.41, 5.74) is 6.42. The van der Waals surface area contributed by atoms with Crippen LogP contribution < -0.4 is 5.73 Å². The van der Waals surface area contributed by atoms with Crippen molar-refractivity contribution in [2.75, 3.05) is 13.1 Å². The van der Waals surface area contributed by atoms with Gasteiger partial charge < -0.3 is 15.1 Å². The molecule has 2 amide bonds. The predicted molar refractivity (Wildman–Crippen MR) is 87.7 cm³/mol. The molecule has 1 saturated heterocycles. The summed E-state index contributed by atoms with van der Waals surface area (Å²) in [4.78, 5) is 38.3. The Hall–Kier alpha value is -2.11. The number of ketones is 1. The zero-order valence-corrected chi connectivity index (χ0v) is 14.5. The summed E-state index contributed by atoms with van der Waals surface area (Å²) >= 11 is 0. The van der Waals surface area contributed by atoms with Gasteiger partial charge in [0.25, 0.3) is 5.91 Å². The van der Waals surface area contributed by atoms with Gasteiger partial charge in [0.2, 0.25) is 5.91 Å². The van der Waals surface area contributed by atoms with Crippen LogP contribution in [0.25, 0.3) is 0 Å². The molecule has 0 spiro atoms. The summed E-state index contributed by atoms with van der Waals surface area (Å²) in [5.74, 6) is -0.0570. The summed E-state index contributed by atoms with van der Waals surface area (Å²) in [6.45, 7) is 6.71. The lowest BCUT2D eigenvalue weighted by Gasteiger charge is -2.30. The fraction of sp³-hybridized carbons (Fsp3) is 0.611. The molecule has 1 unspecified atom stereocenters. The average molecular weight is 332 g/mol.